The minimum Gasteiger partial charge on any atom is -0.335 e. The average molecular weight is 250 g/mol. The van der Waals surface area contributed by atoms with Gasteiger partial charge in [0.15, 0.2) is 0 Å². The van der Waals surface area contributed by atoms with Crippen molar-refractivity contribution in [3.05, 3.63) is 25.3 Å². The Balaban J connectivity index is 2.84. The Kier molecular flexibility index (Phi) is 6.13. The molecular formula is C15H26N2O. The second-order valence-corrected chi connectivity index (χ2v) is 5.07. The molecule has 0 atom stereocenters. The predicted molar refractivity (Wildman–Crippen MR) is 76.4 cm³/mol. The molecule has 0 aromatic carbocycles. The third-order valence-corrected chi connectivity index (χ3v) is 3.73. The number of hydrogen-bond acceptors (Lipinski definition) is 2. The maximum atomic E-state index is 12.8. The Morgan fingerprint density at radius 3 is 2.28 bits per heavy atom. The van der Waals surface area contributed by atoms with Gasteiger partial charge in [0.25, 0.3) is 0 Å². The van der Waals surface area contributed by atoms with Crippen molar-refractivity contribution in [3.63, 3.8) is 0 Å². The highest BCUT2D eigenvalue weighted by Crippen LogP contribution is 2.36. The van der Waals surface area contributed by atoms with Crippen LogP contribution in [0.1, 0.15) is 32.6 Å². The third-order valence-electron chi connectivity index (χ3n) is 3.73. The van der Waals surface area contributed by atoms with Crippen LogP contribution in [0.5, 0.6) is 0 Å². The third kappa shape index (κ3) is 3.45. The summed E-state index contributed by atoms with van der Waals surface area (Å²) in [5.41, 5.74) is -0.161. The van der Waals surface area contributed by atoms with Gasteiger partial charge in [-0.25, -0.2) is 0 Å². The van der Waals surface area contributed by atoms with Crippen molar-refractivity contribution < 1.29 is 4.79 Å². The Bertz CT molecular complexity index is 277. The zero-order valence-electron chi connectivity index (χ0n) is 11.6. The van der Waals surface area contributed by atoms with Gasteiger partial charge in [-0.2, -0.15) is 0 Å². The summed E-state index contributed by atoms with van der Waals surface area (Å²) in [6, 6.07) is 0. The van der Waals surface area contributed by atoms with Crippen molar-refractivity contribution >= 4 is 5.91 Å². The van der Waals surface area contributed by atoms with Gasteiger partial charge >= 0.3 is 0 Å². The molecule has 0 radical (unpaired) electrons. The molecule has 0 unspecified atom stereocenters. The average Bonchev–Trinajstić information content (AvgIpc) is 2.39. The minimum atomic E-state index is -0.161. The fourth-order valence-corrected chi connectivity index (χ4v) is 2.84. The van der Waals surface area contributed by atoms with Gasteiger partial charge in [-0.3, -0.25) is 4.79 Å². The number of amides is 1. The van der Waals surface area contributed by atoms with Crippen LogP contribution in [-0.2, 0) is 4.79 Å². The molecule has 0 aromatic rings. The van der Waals surface area contributed by atoms with Crippen LogP contribution < -0.4 is 5.32 Å². The maximum Gasteiger partial charge on any atom is 0.229 e. The van der Waals surface area contributed by atoms with Crippen LogP contribution in [0.2, 0.25) is 0 Å². The largest absolute Gasteiger partial charge is 0.335 e. The summed E-state index contributed by atoms with van der Waals surface area (Å²) < 4.78 is 0. The minimum absolute atomic E-state index is 0.161. The van der Waals surface area contributed by atoms with Gasteiger partial charge in [-0.15, -0.1) is 13.2 Å². The molecule has 0 spiro atoms. The molecule has 1 amide bonds. The molecule has 1 aliphatic rings. The van der Waals surface area contributed by atoms with E-state index in [2.05, 4.69) is 25.4 Å². The van der Waals surface area contributed by atoms with Crippen molar-refractivity contribution in [3.8, 4) is 0 Å². The molecule has 0 saturated carbocycles. The summed E-state index contributed by atoms with van der Waals surface area (Å²) >= 11 is 0. The van der Waals surface area contributed by atoms with E-state index in [1.165, 1.54) is 0 Å². The van der Waals surface area contributed by atoms with Crippen molar-refractivity contribution in [2.75, 3.05) is 26.2 Å². The molecule has 0 aliphatic carbocycles. The molecule has 1 heterocycles. The zero-order chi connectivity index (χ0) is 13.4. The lowest BCUT2D eigenvalue weighted by atomic mass is 9.74. The fraction of sp³-hybridized carbons (Fsp3) is 0.667. The fourth-order valence-electron chi connectivity index (χ4n) is 2.84. The number of piperidine rings is 1. The number of carbonyl (C=O) groups is 1. The number of rotatable bonds is 7. The highest BCUT2D eigenvalue weighted by Gasteiger charge is 2.40. The van der Waals surface area contributed by atoms with Gasteiger partial charge in [-0.1, -0.05) is 25.5 Å². The molecule has 3 nitrogen and oxygen atoms in total. The van der Waals surface area contributed by atoms with Crippen LogP contribution in [0, 0.1) is 5.41 Å². The molecule has 1 N–H and O–H groups in total. The van der Waals surface area contributed by atoms with Gasteiger partial charge in [0.05, 0.1) is 5.41 Å². The molecule has 0 aromatic heterocycles. The van der Waals surface area contributed by atoms with E-state index in [1.54, 1.807) is 12.2 Å². The van der Waals surface area contributed by atoms with E-state index < -0.39 is 0 Å². The molecule has 1 saturated heterocycles. The summed E-state index contributed by atoms with van der Waals surface area (Å²) in [6.07, 6.45) is 7.53. The predicted octanol–water partition coefficient (Wildman–Crippen LogP) is 2.36. The lowest BCUT2D eigenvalue weighted by Crippen LogP contribution is -2.49. The van der Waals surface area contributed by atoms with Crippen molar-refractivity contribution in [1.82, 2.24) is 10.2 Å². The summed E-state index contributed by atoms with van der Waals surface area (Å²) in [5.74, 6) is 0.283. The number of hydrogen-bond donors (Lipinski definition) is 1. The van der Waals surface area contributed by atoms with E-state index in [9.17, 15) is 4.79 Å². The second kappa shape index (κ2) is 7.37. The van der Waals surface area contributed by atoms with Crippen LogP contribution in [0.4, 0.5) is 0 Å². The monoisotopic (exact) mass is 250 g/mol. The molecule has 102 valence electrons. The quantitative estimate of drug-likeness (QED) is 0.704. The Labute approximate surface area is 111 Å². The van der Waals surface area contributed by atoms with Gasteiger partial charge < -0.3 is 10.2 Å². The van der Waals surface area contributed by atoms with Crippen molar-refractivity contribution in [2.24, 2.45) is 5.41 Å². The Morgan fingerprint density at radius 2 is 1.83 bits per heavy atom. The SMILES string of the molecule is C=CCN(CC=C)C(=O)C1(CCC)CCNCC1. The van der Waals surface area contributed by atoms with E-state index >= 15 is 0 Å². The highest BCUT2D eigenvalue weighted by atomic mass is 16.2. The first-order valence-electron chi connectivity index (χ1n) is 6.92. The van der Waals surface area contributed by atoms with E-state index in [1.807, 2.05) is 4.90 Å². The normalized spacial score (nSPS) is 18.1. The van der Waals surface area contributed by atoms with Gasteiger partial charge in [-0.05, 0) is 32.4 Å². The molecule has 1 aliphatic heterocycles. The number of nitrogens with one attached hydrogen (secondary N) is 1. The molecule has 18 heavy (non-hydrogen) atoms. The second-order valence-electron chi connectivity index (χ2n) is 5.07. The van der Waals surface area contributed by atoms with Gasteiger partial charge in [0.1, 0.15) is 0 Å². The van der Waals surface area contributed by atoms with E-state index in [0.29, 0.717) is 13.1 Å². The summed E-state index contributed by atoms with van der Waals surface area (Å²) in [6.45, 7) is 12.8. The first kappa shape index (κ1) is 15.0. The summed E-state index contributed by atoms with van der Waals surface area (Å²) in [4.78, 5) is 14.7. The zero-order valence-corrected chi connectivity index (χ0v) is 11.6. The topological polar surface area (TPSA) is 32.3 Å². The highest BCUT2D eigenvalue weighted by molar-refractivity contribution is 5.83. The van der Waals surface area contributed by atoms with Gasteiger partial charge in [0, 0.05) is 13.1 Å². The van der Waals surface area contributed by atoms with Crippen LogP contribution >= 0.6 is 0 Å². The lowest BCUT2D eigenvalue weighted by Gasteiger charge is -2.39. The van der Waals surface area contributed by atoms with Crippen LogP contribution in [-0.4, -0.2) is 37.0 Å². The Morgan fingerprint density at radius 1 is 1.28 bits per heavy atom. The molecule has 1 rings (SSSR count). The van der Waals surface area contributed by atoms with E-state index in [4.69, 9.17) is 0 Å². The Hall–Kier alpha value is -1.09. The van der Waals surface area contributed by atoms with E-state index in [-0.39, 0.29) is 11.3 Å². The van der Waals surface area contributed by atoms with E-state index in [0.717, 1.165) is 38.8 Å². The van der Waals surface area contributed by atoms with Crippen LogP contribution in [0.15, 0.2) is 25.3 Å². The van der Waals surface area contributed by atoms with Gasteiger partial charge in [0.2, 0.25) is 5.91 Å². The smallest absolute Gasteiger partial charge is 0.229 e. The standard InChI is InChI=1S/C15H26N2O/c1-4-7-15(8-10-16-11-9-15)14(18)17(12-5-2)13-6-3/h5-6,16H,2-4,7-13H2,1H3. The molecule has 3 heteroatoms. The molecular weight excluding hydrogens is 224 g/mol. The maximum absolute atomic E-state index is 12.8. The summed E-state index contributed by atoms with van der Waals surface area (Å²) in [5, 5.41) is 3.34. The van der Waals surface area contributed by atoms with Crippen LogP contribution in [0.3, 0.4) is 0 Å². The van der Waals surface area contributed by atoms with Crippen molar-refractivity contribution in [2.45, 2.75) is 32.6 Å². The van der Waals surface area contributed by atoms with Crippen LogP contribution in [0.25, 0.3) is 0 Å². The molecule has 0 bridgehead atoms. The molecule has 1 fully saturated rings. The number of carbonyl (C=O) groups excluding carboxylic acids is 1. The first-order valence-corrected chi connectivity index (χ1v) is 6.92. The van der Waals surface area contributed by atoms with Crippen molar-refractivity contribution in [1.29, 1.82) is 0 Å². The number of nitrogens with zero attached hydrogens (tertiary/aromatic N) is 1. The summed E-state index contributed by atoms with van der Waals surface area (Å²) in [7, 11) is 0. The lowest BCUT2D eigenvalue weighted by molar-refractivity contribution is -0.143. The first-order chi connectivity index (χ1) is 8.70.